The molecule has 0 saturated heterocycles. The van der Waals surface area contributed by atoms with Crippen LogP contribution in [0.1, 0.15) is 26.3 Å². The first kappa shape index (κ1) is 42.5. The summed E-state index contributed by atoms with van der Waals surface area (Å²) in [4.78, 5) is 31.1. The van der Waals surface area contributed by atoms with E-state index in [1.807, 2.05) is 97.1 Å². The molecule has 0 aliphatic carbocycles. The average Bonchev–Trinajstić information content (AvgIpc) is 3.78. The van der Waals surface area contributed by atoms with Gasteiger partial charge in [-0.15, -0.1) is 0 Å². The van der Waals surface area contributed by atoms with Crippen molar-refractivity contribution >= 4 is 44.9 Å². The van der Waals surface area contributed by atoms with E-state index in [0.29, 0.717) is 34.9 Å². The van der Waals surface area contributed by atoms with Crippen molar-refractivity contribution in [1.82, 2.24) is 34.5 Å². The van der Waals surface area contributed by atoms with Crippen molar-refractivity contribution in [3.63, 3.8) is 0 Å². The summed E-state index contributed by atoms with van der Waals surface area (Å²) in [5, 5.41) is 2.10. The van der Waals surface area contributed by atoms with Crippen molar-refractivity contribution in [1.29, 1.82) is 0 Å². The van der Waals surface area contributed by atoms with Crippen LogP contribution >= 0.6 is 0 Å². The zero-order valence-electron chi connectivity index (χ0n) is 40.3. The first-order chi connectivity index (χ1) is 35.8. The molecular weight excluding hydrogens is 894 g/mol. The van der Waals surface area contributed by atoms with Crippen molar-refractivity contribution < 1.29 is 4.74 Å². The van der Waals surface area contributed by atoms with Gasteiger partial charge in [-0.25, -0.2) is 29.9 Å². The third-order valence-electron chi connectivity index (χ3n) is 14.3. The van der Waals surface area contributed by atoms with E-state index in [1.54, 1.807) is 0 Å². The predicted octanol–water partition coefficient (Wildman–Crippen LogP) is 13.1. The van der Waals surface area contributed by atoms with Gasteiger partial charge in [0.05, 0.1) is 5.52 Å². The van der Waals surface area contributed by atoms with Gasteiger partial charge in [0, 0.05) is 55.4 Å². The van der Waals surface area contributed by atoms with Crippen LogP contribution in [0.5, 0.6) is 11.5 Å². The molecule has 3 aromatic heterocycles. The molecule has 0 radical (unpaired) electrons. The molecule has 2 aliphatic rings. The van der Waals surface area contributed by atoms with Gasteiger partial charge in [0.1, 0.15) is 11.5 Å². The van der Waals surface area contributed by atoms with Gasteiger partial charge in [-0.3, -0.25) is 0 Å². The second kappa shape index (κ2) is 16.6. The fourth-order valence-corrected chi connectivity index (χ4v) is 10.7. The smallest absolute Gasteiger partial charge is 0.256 e. The highest BCUT2D eigenvalue weighted by Crippen LogP contribution is 2.43. The average molecular weight is 938 g/mol. The Labute approximate surface area is 422 Å². The van der Waals surface area contributed by atoms with Crippen LogP contribution in [0.3, 0.4) is 0 Å². The Kier molecular flexibility index (Phi) is 9.70. The SMILES string of the molecule is CC(C)(C)c1ccc2c(c1)B1c3c(cc(-c4ccccc4)cc3-n3c4ccc(-c5nc(-c6ccccc6)nc(-c6ccccc6)n5)cc4c4cc(-c5nc(-c6ccccc6)nc(-c6ccccc6)n5)cc1c43)O2. The van der Waals surface area contributed by atoms with Crippen LogP contribution < -0.4 is 21.1 Å². The quantitative estimate of drug-likeness (QED) is 0.147. The summed E-state index contributed by atoms with van der Waals surface area (Å²) in [6, 6.07) is 73.7. The fourth-order valence-electron chi connectivity index (χ4n) is 10.7. The zero-order valence-corrected chi connectivity index (χ0v) is 40.3. The third kappa shape index (κ3) is 7.22. The monoisotopic (exact) mass is 937 g/mol. The lowest BCUT2D eigenvalue weighted by Crippen LogP contribution is -2.58. The van der Waals surface area contributed by atoms with E-state index < -0.39 is 0 Å². The minimum Gasteiger partial charge on any atom is -0.458 e. The van der Waals surface area contributed by atoms with E-state index in [1.165, 1.54) is 5.56 Å². The fraction of sp³-hybridized carbons (Fsp3) is 0.0625. The van der Waals surface area contributed by atoms with E-state index in [9.17, 15) is 0 Å². The molecule has 9 aromatic carbocycles. The van der Waals surface area contributed by atoms with Crippen molar-refractivity contribution in [2.75, 3.05) is 0 Å². The highest BCUT2D eigenvalue weighted by molar-refractivity contribution is 6.99. The molecule has 0 atom stereocenters. The number of ether oxygens (including phenoxy) is 1. The molecule has 14 rings (SSSR count). The minimum absolute atomic E-state index is 0.102. The Morgan fingerprint density at radius 2 is 0.836 bits per heavy atom. The number of hydrogen-bond donors (Lipinski definition) is 0. The molecular formula is C64H44BN7O. The summed E-state index contributed by atoms with van der Waals surface area (Å²) in [7, 11) is 0. The third-order valence-corrected chi connectivity index (χ3v) is 14.3. The van der Waals surface area contributed by atoms with Crippen LogP contribution in [-0.2, 0) is 5.41 Å². The number of hydrogen-bond acceptors (Lipinski definition) is 7. The van der Waals surface area contributed by atoms with Gasteiger partial charge in [0.15, 0.2) is 34.9 Å². The Bertz CT molecular complexity index is 4030. The summed E-state index contributed by atoms with van der Waals surface area (Å²) in [6.45, 7) is 6.63. The largest absolute Gasteiger partial charge is 0.458 e. The van der Waals surface area contributed by atoms with E-state index in [0.717, 1.165) is 99.9 Å². The Morgan fingerprint density at radius 1 is 0.370 bits per heavy atom. The second-order valence-electron chi connectivity index (χ2n) is 19.9. The van der Waals surface area contributed by atoms with Gasteiger partial charge in [-0.1, -0.05) is 191 Å². The normalized spacial score (nSPS) is 12.4. The van der Waals surface area contributed by atoms with Crippen LogP contribution in [0.2, 0.25) is 0 Å². The molecule has 8 nitrogen and oxygen atoms in total. The summed E-state index contributed by atoms with van der Waals surface area (Å²) in [5.41, 5.74) is 15.4. The molecule has 73 heavy (non-hydrogen) atoms. The molecule has 344 valence electrons. The van der Waals surface area contributed by atoms with E-state index in [2.05, 4.69) is 141 Å². The molecule has 0 fully saturated rings. The molecule has 5 heterocycles. The Hall–Kier alpha value is -9.34. The lowest BCUT2D eigenvalue weighted by atomic mass is 9.34. The van der Waals surface area contributed by atoms with Crippen molar-refractivity contribution in [3.8, 4) is 96.6 Å². The maximum atomic E-state index is 7.10. The summed E-state index contributed by atoms with van der Waals surface area (Å²) in [5.74, 6) is 5.28. The van der Waals surface area contributed by atoms with Gasteiger partial charge in [-0.2, -0.15) is 0 Å². The van der Waals surface area contributed by atoms with Crippen molar-refractivity contribution in [3.05, 3.63) is 218 Å². The molecule has 2 aliphatic heterocycles. The van der Waals surface area contributed by atoms with Crippen LogP contribution in [0, 0.1) is 0 Å². The number of benzene rings is 9. The topological polar surface area (TPSA) is 91.5 Å². The first-order valence-electron chi connectivity index (χ1n) is 24.7. The van der Waals surface area contributed by atoms with Crippen molar-refractivity contribution in [2.24, 2.45) is 0 Å². The molecule has 9 heteroatoms. The van der Waals surface area contributed by atoms with E-state index in [-0.39, 0.29) is 12.1 Å². The number of nitrogens with zero attached hydrogens (tertiary/aromatic N) is 7. The van der Waals surface area contributed by atoms with Crippen molar-refractivity contribution in [2.45, 2.75) is 26.2 Å². The number of aromatic nitrogens is 7. The van der Waals surface area contributed by atoms with Crippen LogP contribution in [-0.4, -0.2) is 41.2 Å². The molecule has 0 spiro atoms. The van der Waals surface area contributed by atoms with Crippen LogP contribution in [0.4, 0.5) is 0 Å². The molecule has 0 unspecified atom stereocenters. The van der Waals surface area contributed by atoms with Crippen LogP contribution in [0.15, 0.2) is 212 Å². The zero-order chi connectivity index (χ0) is 48.8. The lowest BCUT2D eigenvalue weighted by Gasteiger charge is -2.35. The van der Waals surface area contributed by atoms with Gasteiger partial charge in [0.2, 0.25) is 0 Å². The first-order valence-corrected chi connectivity index (χ1v) is 24.7. The highest BCUT2D eigenvalue weighted by Gasteiger charge is 2.42. The second-order valence-corrected chi connectivity index (χ2v) is 19.9. The predicted molar refractivity (Wildman–Crippen MR) is 295 cm³/mol. The maximum Gasteiger partial charge on any atom is 0.256 e. The standard InChI is InChI=1S/C64H44BN7O/c1-64(2,3)47-30-32-54-50(38-47)65-51-35-46(63-70-60(42-25-15-7-16-26-42)67-61(71-63)43-27-17-8-18-28-43)34-49-48-33-44(62-68-58(40-21-11-5-12-22-40)66-59(69-62)41-23-13-6-14-24-41)29-31-52(48)72(57(49)51)53-36-45(37-55(73-54)56(53)65)39-19-9-4-10-20-39/h4-38H,1-3H3. The molecule has 12 aromatic rings. The molecule has 0 bridgehead atoms. The van der Waals surface area contributed by atoms with Gasteiger partial charge in [-0.05, 0) is 81.0 Å². The summed E-state index contributed by atoms with van der Waals surface area (Å²) >= 11 is 0. The minimum atomic E-state index is -0.186. The van der Waals surface area contributed by atoms with E-state index in [4.69, 9.17) is 34.6 Å². The van der Waals surface area contributed by atoms with E-state index >= 15 is 0 Å². The summed E-state index contributed by atoms with van der Waals surface area (Å²) in [6.07, 6.45) is 0. The Balaban J connectivity index is 1.09. The van der Waals surface area contributed by atoms with Gasteiger partial charge >= 0.3 is 0 Å². The number of fused-ring (bicyclic) bond motifs is 7. The summed E-state index contributed by atoms with van der Waals surface area (Å²) < 4.78 is 9.55. The highest BCUT2D eigenvalue weighted by atomic mass is 16.5. The van der Waals surface area contributed by atoms with Gasteiger partial charge in [0.25, 0.3) is 6.71 Å². The maximum absolute atomic E-state index is 7.10. The molecule has 0 N–H and O–H groups in total. The van der Waals surface area contributed by atoms with Gasteiger partial charge < -0.3 is 9.30 Å². The lowest BCUT2D eigenvalue weighted by molar-refractivity contribution is 0.486. The number of rotatable bonds is 7. The molecule has 0 saturated carbocycles. The Morgan fingerprint density at radius 3 is 1.34 bits per heavy atom. The molecule has 0 amide bonds. The van der Waals surface area contributed by atoms with Crippen LogP contribution in [0.25, 0.3) is 107 Å².